The minimum Gasteiger partial charge on any atom is -0.298 e. The van der Waals surface area contributed by atoms with E-state index in [0.29, 0.717) is 11.3 Å². The number of halogens is 1. The SMILES string of the molecule is CCc1cc(CC(=O)CSc2ccccc2F)n(CC)n1. The van der Waals surface area contributed by atoms with E-state index in [4.69, 9.17) is 0 Å². The Bertz CT molecular complexity index is 624. The molecule has 0 aliphatic rings. The van der Waals surface area contributed by atoms with Crippen LogP contribution in [0.4, 0.5) is 4.39 Å². The Morgan fingerprint density at radius 3 is 2.76 bits per heavy atom. The van der Waals surface area contributed by atoms with Gasteiger partial charge in [-0.25, -0.2) is 4.39 Å². The van der Waals surface area contributed by atoms with Crippen LogP contribution in [0.1, 0.15) is 25.2 Å². The Morgan fingerprint density at radius 2 is 2.10 bits per heavy atom. The van der Waals surface area contributed by atoms with Gasteiger partial charge in [-0.05, 0) is 31.5 Å². The molecule has 0 N–H and O–H groups in total. The number of aromatic nitrogens is 2. The summed E-state index contributed by atoms with van der Waals surface area (Å²) in [6.07, 6.45) is 1.21. The van der Waals surface area contributed by atoms with Gasteiger partial charge in [-0.15, -0.1) is 11.8 Å². The lowest BCUT2D eigenvalue weighted by atomic mass is 10.2. The summed E-state index contributed by atoms with van der Waals surface area (Å²) in [6, 6.07) is 8.50. The van der Waals surface area contributed by atoms with Crippen molar-refractivity contribution in [2.75, 3.05) is 5.75 Å². The molecular formula is C16H19FN2OS. The first-order chi connectivity index (χ1) is 10.1. The van der Waals surface area contributed by atoms with Crippen molar-refractivity contribution in [2.24, 2.45) is 0 Å². The highest BCUT2D eigenvalue weighted by Gasteiger charge is 2.12. The molecule has 1 aromatic heterocycles. The molecule has 2 rings (SSSR count). The maximum atomic E-state index is 13.5. The lowest BCUT2D eigenvalue weighted by molar-refractivity contribution is -0.116. The second kappa shape index (κ2) is 7.41. The van der Waals surface area contributed by atoms with Crippen LogP contribution in [0.3, 0.4) is 0 Å². The van der Waals surface area contributed by atoms with Crippen LogP contribution in [0.5, 0.6) is 0 Å². The van der Waals surface area contributed by atoms with E-state index in [-0.39, 0.29) is 17.4 Å². The molecule has 0 radical (unpaired) electrons. The first-order valence-corrected chi connectivity index (χ1v) is 8.07. The van der Waals surface area contributed by atoms with Gasteiger partial charge < -0.3 is 0 Å². The quantitative estimate of drug-likeness (QED) is 0.734. The molecule has 0 aliphatic carbocycles. The predicted molar refractivity (Wildman–Crippen MR) is 83.1 cm³/mol. The molecular weight excluding hydrogens is 287 g/mol. The minimum absolute atomic E-state index is 0.0838. The topological polar surface area (TPSA) is 34.9 Å². The van der Waals surface area contributed by atoms with Gasteiger partial charge in [0.2, 0.25) is 0 Å². The highest BCUT2D eigenvalue weighted by molar-refractivity contribution is 8.00. The number of hydrogen-bond donors (Lipinski definition) is 0. The van der Waals surface area contributed by atoms with Crippen LogP contribution in [0.2, 0.25) is 0 Å². The van der Waals surface area contributed by atoms with E-state index < -0.39 is 0 Å². The lowest BCUT2D eigenvalue weighted by Crippen LogP contribution is -2.11. The van der Waals surface area contributed by atoms with Crippen LogP contribution in [-0.2, 0) is 24.2 Å². The van der Waals surface area contributed by atoms with E-state index in [9.17, 15) is 9.18 Å². The molecule has 0 saturated heterocycles. The van der Waals surface area contributed by atoms with Gasteiger partial charge in [-0.3, -0.25) is 9.48 Å². The standard InChI is InChI=1S/C16H19FN2OS/c1-3-12-9-13(19(4-2)18-12)10-14(20)11-21-16-8-6-5-7-15(16)17/h5-9H,3-4,10-11H2,1-2H3. The fourth-order valence-electron chi connectivity index (χ4n) is 2.08. The van der Waals surface area contributed by atoms with Gasteiger partial charge >= 0.3 is 0 Å². The van der Waals surface area contributed by atoms with Crippen LogP contribution in [0, 0.1) is 5.82 Å². The van der Waals surface area contributed by atoms with Crippen molar-refractivity contribution in [3.05, 3.63) is 47.5 Å². The second-order valence-electron chi connectivity index (χ2n) is 4.73. The average Bonchev–Trinajstić information content (AvgIpc) is 2.88. The van der Waals surface area contributed by atoms with Crippen molar-refractivity contribution < 1.29 is 9.18 Å². The molecule has 1 heterocycles. The number of benzene rings is 1. The molecule has 0 saturated carbocycles. The van der Waals surface area contributed by atoms with E-state index >= 15 is 0 Å². The summed E-state index contributed by atoms with van der Waals surface area (Å²) in [5.41, 5.74) is 1.94. The molecule has 112 valence electrons. The Kier molecular flexibility index (Phi) is 5.56. The third-order valence-corrected chi connectivity index (χ3v) is 4.29. The molecule has 0 atom stereocenters. The average molecular weight is 306 g/mol. The maximum absolute atomic E-state index is 13.5. The number of carbonyl (C=O) groups excluding carboxylic acids is 1. The Balaban J connectivity index is 1.96. The fraction of sp³-hybridized carbons (Fsp3) is 0.375. The number of carbonyl (C=O) groups is 1. The highest BCUT2D eigenvalue weighted by atomic mass is 32.2. The molecule has 21 heavy (non-hydrogen) atoms. The largest absolute Gasteiger partial charge is 0.298 e. The van der Waals surface area contributed by atoms with Crippen molar-refractivity contribution >= 4 is 17.5 Å². The van der Waals surface area contributed by atoms with Gasteiger partial charge in [0.15, 0.2) is 0 Å². The zero-order chi connectivity index (χ0) is 15.2. The normalized spacial score (nSPS) is 10.8. The molecule has 5 heteroatoms. The molecule has 2 aromatic rings. The number of rotatable bonds is 7. The number of ketones is 1. The van der Waals surface area contributed by atoms with Crippen LogP contribution in [0.15, 0.2) is 35.2 Å². The number of aryl methyl sites for hydroxylation is 2. The third kappa shape index (κ3) is 4.17. The van der Waals surface area contributed by atoms with Crippen molar-refractivity contribution in [1.29, 1.82) is 0 Å². The first kappa shape index (κ1) is 15.8. The smallest absolute Gasteiger partial charge is 0.149 e. The molecule has 1 aromatic carbocycles. The molecule has 0 fully saturated rings. The fourth-order valence-corrected chi connectivity index (χ4v) is 2.88. The zero-order valence-electron chi connectivity index (χ0n) is 12.3. The Hall–Kier alpha value is -1.62. The van der Waals surface area contributed by atoms with Gasteiger partial charge in [-0.1, -0.05) is 19.1 Å². The lowest BCUT2D eigenvalue weighted by Gasteiger charge is -2.05. The van der Waals surface area contributed by atoms with Gasteiger partial charge in [-0.2, -0.15) is 5.10 Å². The van der Waals surface area contributed by atoms with E-state index in [1.165, 1.54) is 17.8 Å². The maximum Gasteiger partial charge on any atom is 0.149 e. The summed E-state index contributed by atoms with van der Waals surface area (Å²) in [5.74, 6) is 0.0831. The van der Waals surface area contributed by atoms with E-state index in [2.05, 4.69) is 5.10 Å². The van der Waals surface area contributed by atoms with E-state index in [1.54, 1.807) is 18.2 Å². The van der Waals surface area contributed by atoms with Gasteiger partial charge in [0.05, 0.1) is 11.4 Å². The highest BCUT2D eigenvalue weighted by Crippen LogP contribution is 2.21. The molecule has 0 amide bonds. The van der Waals surface area contributed by atoms with Crippen molar-refractivity contribution in [3.63, 3.8) is 0 Å². The van der Waals surface area contributed by atoms with Gasteiger partial charge in [0.25, 0.3) is 0 Å². The van der Waals surface area contributed by atoms with Gasteiger partial charge in [0, 0.05) is 23.6 Å². The van der Waals surface area contributed by atoms with E-state index in [0.717, 1.165) is 24.4 Å². The summed E-state index contributed by atoms with van der Waals surface area (Å²) in [7, 11) is 0. The van der Waals surface area contributed by atoms with Crippen molar-refractivity contribution in [3.8, 4) is 0 Å². The predicted octanol–water partition coefficient (Wildman–Crippen LogP) is 3.51. The van der Waals surface area contributed by atoms with Crippen LogP contribution >= 0.6 is 11.8 Å². The second-order valence-corrected chi connectivity index (χ2v) is 5.75. The monoisotopic (exact) mass is 306 g/mol. The first-order valence-electron chi connectivity index (χ1n) is 7.08. The zero-order valence-corrected chi connectivity index (χ0v) is 13.1. The van der Waals surface area contributed by atoms with Crippen molar-refractivity contribution in [2.45, 2.75) is 38.1 Å². The van der Waals surface area contributed by atoms with Crippen LogP contribution < -0.4 is 0 Å². The number of thioether (sulfide) groups is 1. The molecule has 0 spiro atoms. The Morgan fingerprint density at radius 1 is 1.33 bits per heavy atom. The molecule has 3 nitrogen and oxygen atoms in total. The van der Waals surface area contributed by atoms with E-state index in [1.807, 2.05) is 24.6 Å². The number of nitrogens with zero attached hydrogens (tertiary/aromatic N) is 2. The van der Waals surface area contributed by atoms with Crippen LogP contribution in [-0.4, -0.2) is 21.3 Å². The summed E-state index contributed by atoms with van der Waals surface area (Å²) < 4.78 is 15.4. The summed E-state index contributed by atoms with van der Waals surface area (Å²) >= 11 is 1.25. The molecule has 0 unspecified atom stereocenters. The van der Waals surface area contributed by atoms with Crippen LogP contribution in [0.25, 0.3) is 0 Å². The summed E-state index contributed by atoms with van der Waals surface area (Å²) in [4.78, 5) is 12.6. The van der Waals surface area contributed by atoms with Gasteiger partial charge in [0.1, 0.15) is 11.6 Å². The van der Waals surface area contributed by atoms with Crippen molar-refractivity contribution in [1.82, 2.24) is 9.78 Å². The number of Topliss-reactive ketones (excluding diaryl/α,β-unsaturated/α-hetero) is 1. The summed E-state index contributed by atoms with van der Waals surface area (Å²) in [6.45, 7) is 4.81. The molecule has 0 aliphatic heterocycles. The summed E-state index contributed by atoms with van der Waals surface area (Å²) in [5, 5.41) is 4.43. The number of hydrogen-bond acceptors (Lipinski definition) is 3. The Labute approximate surface area is 128 Å². The molecule has 0 bridgehead atoms. The third-order valence-electron chi connectivity index (χ3n) is 3.18. The minimum atomic E-state index is -0.276.